The fourth-order valence-corrected chi connectivity index (χ4v) is 0.582. The Hall–Kier alpha value is 0.260. The van der Waals surface area contributed by atoms with E-state index < -0.39 is 15.8 Å². The fourth-order valence-electron chi connectivity index (χ4n) is 0.350. The summed E-state index contributed by atoms with van der Waals surface area (Å²) in [7, 11) is 0. The Kier molecular flexibility index (Phi) is 4.43. The van der Waals surface area contributed by atoms with Crippen LogP contribution in [-0.4, -0.2) is 20.9 Å². The van der Waals surface area contributed by atoms with Crippen LogP contribution >= 0.6 is 34.8 Å². The third-order valence-corrected chi connectivity index (χ3v) is 1.67. The molecule has 0 heterocycles. The second kappa shape index (κ2) is 4.33. The zero-order valence-electron chi connectivity index (χ0n) is 5.35. The van der Waals surface area contributed by atoms with Crippen LogP contribution in [0.15, 0.2) is 0 Å². The monoisotopic (exact) mass is 220 g/mol. The van der Waals surface area contributed by atoms with E-state index in [4.69, 9.17) is 45.8 Å². The molecule has 0 fully saturated rings. The minimum atomic E-state index is -1.85. The number of halogens is 3. The Morgan fingerprint density at radius 1 is 1.64 bits per heavy atom. The number of hydrogen-bond donors (Lipinski definition) is 3. The van der Waals surface area contributed by atoms with Gasteiger partial charge in [-0.1, -0.05) is 34.8 Å². The normalized spacial score (nSPS) is 14.3. The molecule has 0 aromatic carbocycles. The molecule has 0 rings (SSSR count). The van der Waals surface area contributed by atoms with Crippen LogP contribution in [0, 0.1) is 0 Å². The van der Waals surface area contributed by atoms with Gasteiger partial charge in [-0.3, -0.25) is 10.2 Å². The van der Waals surface area contributed by atoms with Gasteiger partial charge in [0.1, 0.15) is 6.10 Å². The highest BCUT2D eigenvalue weighted by molar-refractivity contribution is 6.68. The molecular weight excluding hydrogens is 214 g/mol. The van der Waals surface area contributed by atoms with E-state index in [0.29, 0.717) is 0 Å². The Morgan fingerprint density at radius 3 is 2.36 bits per heavy atom. The van der Waals surface area contributed by atoms with Gasteiger partial charge >= 0.3 is 0 Å². The first-order valence-electron chi connectivity index (χ1n) is 2.62. The minimum Gasteiger partial charge on any atom is -0.388 e. The maximum absolute atomic E-state index is 10.5. The Balaban J connectivity index is 3.87. The van der Waals surface area contributed by atoms with Gasteiger partial charge in [-0.15, -0.1) is 0 Å². The van der Waals surface area contributed by atoms with Crippen LogP contribution in [0.1, 0.15) is 6.42 Å². The van der Waals surface area contributed by atoms with Crippen molar-refractivity contribution in [3.8, 4) is 0 Å². The fraction of sp³-hybridized carbons (Fsp3) is 0.750. The first kappa shape index (κ1) is 11.3. The zero-order valence-corrected chi connectivity index (χ0v) is 7.62. The van der Waals surface area contributed by atoms with Gasteiger partial charge in [0.15, 0.2) is 0 Å². The van der Waals surface area contributed by atoms with Crippen LogP contribution in [0.25, 0.3) is 0 Å². The van der Waals surface area contributed by atoms with E-state index in [1.807, 2.05) is 0 Å². The number of amides is 1. The van der Waals surface area contributed by atoms with Gasteiger partial charge in [-0.25, -0.2) is 5.84 Å². The highest BCUT2D eigenvalue weighted by Gasteiger charge is 2.32. The van der Waals surface area contributed by atoms with Crippen LogP contribution in [-0.2, 0) is 4.79 Å². The number of alkyl halides is 3. The zero-order chi connectivity index (χ0) is 9.07. The smallest absolute Gasteiger partial charge is 0.236 e. The van der Waals surface area contributed by atoms with Gasteiger partial charge in [0.05, 0.1) is 6.42 Å². The minimum absolute atomic E-state index is 0.340. The summed E-state index contributed by atoms with van der Waals surface area (Å²) in [6.45, 7) is 0. The second-order valence-electron chi connectivity index (χ2n) is 1.83. The van der Waals surface area contributed by atoms with Gasteiger partial charge in [0, 0.05) is 0 Å². The average Bonchev–Trinajstić information content (AvgIpc) is 1.85. The highest BCUT2D eigenvalue weighted by Crippen LogP contribution is 2.31. The van der Waals surface area contributed by atoms with Crippen LogP contribution in [0.5, 0.6) is 0 Å². The first-order chi connectivity index (χ1) is 4.88. The quantitative estimate of drug-likeness (QED) is 0.268. The number of carbonyl (C=O) groups is 1. The number of hydrazine groups is 1. The maximum Gasteiger partial charge on any atom is 0.236 e. The van der Waals surface area contributed by atoms with E-state index >= 15 is 0 Å². The Labute approximate surface area is 78.6 Å². The number of aliphatic hydroxyl groups excluding tert-OH is 1. The van der Waals surface area contributed by atoms with Crippen molar-refractivity contribution < 1.29 is 9.90 Å². The van der Waals surface area contributed by atoms with Gasteiger partial charge in [-0.05, 0) is 0 Å². The Morgan fingerprint density at radius 2 is 2.09 bits per heavy atom. The lowest BCUT2D eigenvalue weighted by atomic mass is 10.3. The van der Waals surface area contributed by atoms with Crippen molar-refractivity contribution in [1.82, 2.24) is 5.43 Å². The molecule has 0 spiro atoms. The SMILES string of the molecule is NNC(=O)CC(O)C(Cl)(Cl)Cl. The van der Waals surface area contributed by atoms with Crippen LogP contribution < -0.4 is 11.3 Å². The summed E-state index contributed by atoms with van der Waals surface area (Å²) in [6.07, 6.45) is -1.69. The lowest BCUT2D eigenvalue weighted by Crippen LogP contribution is -2.36. The summed E-state index contributed by atoms with van der Waals surface area (Å²) in [5.41, 5.74) is 1.79. The molecule has 0 aliphatic carbocycles. The van der Waals surface area contributed by atoms with Crippen LogP contribution in [0.3, 0.4) is 0 Å². The molecule has 11 heavy (non-hydrogen) atoms. The van der Waals surface area contributed by atoms with Gasteiger partial charge in [0.2, 0.25) is 9.70 Å². The van der Waals surface area contributed by atoms with E-state index in [1.165, 1.54) is 0 Å². The summed E-state index contributed by atoms with van der Waals surface area (Å²) in [4.78, 5) is 10.5. The molecule has 0 aromatic heterocycles. The third-order valence-electron chi connectivity index (χ3n) is 0.918. The summed E-state index contributed by atoms with van der Waals surface area (Å²) >= 11 is 15.7. The van der Waals surface area contributed by atoms with Crippen molar-refractivity contribution in [2.75, 3.05) is 0 Å². The molecule has 0 bridgehead atoms. The molecule has 1 amide bonds. The largest absolute Gasteiger partial charge is 0.388 e. The molecule has 66 valence electrons. The number of hydrogen-bond acceptors (Lipinski definition) is 3. The molecular formula is C4H7Cl3N2O2. The summed E-state index contributed by atoms with van der Waals surface area (Å²) in [5.74, 6) is 4.13. The molecule has 0 saturated heterocycles. The molecule has 1 unspecified atom stereocenters. The van der Waals surface area contributed by atoms with E-state index in [0.717, 1.165) is 0 Å². The summed E-state index contributed by atoms with van der Waals surface area (Å²) < 4.78 is -1.85. The lowest BCUT2D eigenvalue weighted by Gasteiger charge is -2.17. The van der Waals surface area contributed by atoms with Crippen molar-refractivity contribution >= 4 is 40.7 Å². The highest BCUT2D eigenvalue weighted by atomic mass is 35.6. The number of nitrogens with one attached hydrogen (secondary N) is 1. The van der Waals surface area contributed by atoms with Crippen molar-refractivity contribution in [3.63, 3.8) is 0 Å². The summed E-state index contributed by atoms with van der Waals surface area (Å²) in [6, 6.07) is 0. The molecule has 4 N–H and O–H groups in total. The van der Waals surface area contributed by atoms with Crippen LogP contribution in [0.2, 0.25) is 0 Å². The van der Waals surface area contributed by atoms with Crippen molar-refractivity contribution in [3.05, 3.63) is 0 Å². The van der Waals surface area contributed by atoms with Crippen molar-refractivity contribution in [1.29, 1.82) is 0 Å². The topological polar surface area (TPSA) is 75.3 Å². The van der Waals surface area contributed by atoms with Crippen LogP contribution in [0.4, 0.5) is 0 Å². The summed E-state index contributed by atoms with van der Waals surface area (Å²) in [5, 5.41) is 8.98. The average molecular weight is 221 g/mol. The standard InChI is InChI=1S/C4H7Cl3N2O2/c5-4(6,7)2(10)1-3(11)9-8/h2,10H,1,8H2,(H,9,11). The van der Waals surface area contributed by atoms with Gasteiger partial charge in [0.25, 0.3) is 0 Å². The number of carbonyl (C=O) groups excluding carboxylic acids is 1. The molecule has 0 aromatic rings. The predicted molar refractivity (Wildman–Crippen MR) is 43.2 cm³/mol. The van der Waals surface area contributed by atoms with Gasteiger partial charge in [-0.2, -0.15) is 0 Å². The van der Waals surface area contributed by atoms with Gasteiger partial charge < -0.3 is 5.11 Å². The molecule has 0 aliphatic heterocycles. The third kappa shape index (κ3) is 4.66. The lowest BCUT2D eigenvalue weighted by molar-refractivity contribution is -0.123. The molecule has 7 heteroatoms. The second-order valence-corrected chi connectivity index (χ2v) is 4.20. The van der Waals surface area contributed by atoms with Crippen molar-refractivity contribution in [2.24, 2.45) is 5.84 Å². The molecule has 0 saturated carbocycles. The molecule has 0 aliphatic rings. The number of rotatable bonds is 2. The maximum atomic E-state index is 10.5. The Bertz CT molecular complexity index is 147. The van der Waals surface area contributed by atoms with Crippen molar-refractivity contribution in [2.45, 2.75) is 16.3 Å². The molecule has 0 radical (unpaired) electrons. The molecule has 1 atom stereocenters. The van der Waals surface area contributed by atoms with E-state index in [1.54, 1.807) is 5.43 Å². The van der Waals surface area contributed by atoms with E-state index in [2.05, 4.69) is 0 Å². The van der Waals surface area contributed by atoms with E-state index in [-0.39, 0.29) is 6.42 Å². The molecule has 4 nitrogen and oxygen atoms in total. The van der Waals surface area contributed by atoms with E-state index in [9.17, 15) is 4.79 Å². The number of nitrogens with two attached hydrogens (primary N) is 1. The predicted octanol–water partition coefficient (Wildman–Crippen LogP) is 0.0975. The number of aliphatic hydroxyl groups is 1. The first-order valence-corrected chi connectivity index (χ1v) is 3.75.